The molecule has 0 N–H and O–H groups in total. The molecule has 1 heterocycles. The van der Waals surface area contributed by atoms with Crippen LogP contribution in [-0.4, -0.2) is 26.2 Å². The standard InChI is InChI=1S/C19H20N4O2S/c1-13-9-10-17(11-14(13)2)23-15(3)20-21-19(23)26-18(12-22(24)25)16-7-5-4-6-8-16/h4-11,18H,12H2,1-3H3/t18-/m1/s1. The van der Waals surface area contributed by atoms with Gasteiger partial charge in [0.2, 0.25) is 6.54 Å². The zero-order chi connectivity index (χ0) is 18.7. The molecule has 0 saturated carbocycles. The van der Waals surface area contributed by atoms with Crippen LogP contribution in [0.15, 0.2) is 53.7 Å². The minimum absolute atomic E-state index is 0.173. The van der Waals surface area contributed by atoms with Crippen LogP contribution < -0.4 is 0 Å². The highest BCUT2D eigenvalue weighted by atomic mass is 32.2. The van der Waals surface area contributed by atoms with Gasteiger partial charge < -0.3 is 0 Å². The number of rotatable bonds is 6. The van der Waals surface area contributed by atoms with Crippen LogP contribution in [0, 0.1) is 30.9 Å². The van der Waals surface area contributed by atoms with E-state index in [-0.39, 0.29) is 16.7 Å². The number of benzene rings is 2. The molecule has 6 nitrogen and oxygen atoms in total. The molecule has 134 valence electrons. The van der Waals surface area contributed by atoms with Crippen molar-refractivity contribution in [3.63, 3.8) is 0 Å². The Bertz CT molecular complexity index is 925. The van der Waals surface area contributed by atoms with Crippen LogP contribution in [0.4, 0.5) is 0 Å². The predicted octanol–water partition coefficient (Wildman–Crippen LogP) is 4.30. The van der Waals surface area contributed by atoms with Crippen molar-refractivity contribution < 1.29 is 4.92 Å². The first-order valence-electron chi connectivity index (χ1n) is 8.28. The van der Waals surface area contributed by atoms with Crippen LogP contribution in [0.3, 0.4) is 0 Å². The summed E-state index contributed by atoms with van der Waals surface area (Å²) >= 11 is 1.37. The van der Waals surface area contributed by atoms with E-state index < -0.39 is 0 Å². The molecule has 0 aliphatic carbocycles. The molecule has 0 aliphatic rings. The van der Waals surface area contributed by atoms with Crippen LogP contribution in [0.5, 0.6) is 0 Å². The zero-order valence-electron chi connectivity index (χ0n) is 14.9. The maximum Gasteiger partial charge on any atom is 0.220 e. The van der Waals surface area contributed by atoms with Gasteiger partial charge in [-0.05, 0) is 49.6 Å². The summed E-state index contributed by atoms with van der Waals surface area (Å²) in [4.78, 5) is 10.9. The summed E-state index contributed by atoms with van der Waals surface area (Å²) in [5.74, 6) is 0.753. The van der Waals surface area contributed by atoms with Crippen LogP contribution in [-0.2, 0) is 0 Å². The third-order valence-electron chi connectivity index (χ3n) is 4.28. The van der Waals surface area contributed by atoms with Crippen LogP contribution in [0.2, 0.25) is 0 Å². The number of aryl methyl sites for hydroxylation is 3. The molecule has 0 unspecified atom stereocenters. The monoisotopic (exact) mass is 368 g/mol. The number of nitro groups is 1. The van der Waals surface area contributed by atoms with Gasteiger partial charge in [0.1, 0.15) is 11.1 Å². The second-order valence-electron chi connectivity index (χ2n) is 6.17. The minimum atomic E-state index is -0.333. The SMILES string of the molecule is Cc1ccc(-n2c(C)nnc2S[C@H](C[N+](=O)[O-])c2ccccc2)cc1C. The van der Waals surface area contributed by atoms with E-state index in [4.69, 9.17) is 0 Å². The van der Waals surface area contributed by atoms with Gasteiger partial charge >= 0.3 is 0 Å². The van der Waals surface area contributed by atoms with E-state index >= 15 is 0 Å². The highest BCUT2D eigenvalue weighted by molar-refractivity contribution is 7.99. The Morgan fingerprint density at radius 1 is 1.08 bits per heavy atom. The fraction of sp³-hybridized carbons (Fsp3) is 0.263. The summed E-state index contributed by atoms with van der Waals surface area (Å²) in [5.41, 5.74) is 4.26. The fourth-order valence-corrected chi connectivity index (χ4v) is 3.90. The third-order valence-corrected chi connectivity index (χ3v) is 5.46. The van der Waals surface area contributed by atoms with E-state index in [1.54, 1.807) is 0 Å². The maximum atomic E-state index is 11.2. The first-order valence-corrected chi connectivity index (χ1v) is 9.16. The van der Waals surface area contributed by atoms with Crippen molar-refractivity contribution in [3.8, 4) is 5.69 Å². The molecule has 2 aromatic carbocycles. The number of thioether (sulfide) groups is 1. The molecular formula is C19H20N4O2S. The molecule has 0 saturated heterocycles. The molecule has 0 fully saturated rings. The Morgan fingerprint density at radius 2 is 1.81 bits per heavy atom. The molecule has 0 spiro atoms. The smallest absolute Gasteiger partial charge is 0.220 e. The lowest BCUT2D eigenvalue weighted by Gasteiger charge is -2.15. The summed E-state index contributed by atoms with van der Waals surface area (Å²) in [6, 6.07) is 15.7. The van der Waals surface area contributed by atoms with E-state index in [1.807, 2.05) is 47.9 Å². The molecule has 0 amide bonds. The lowest BCUT2D eigenvalue weighted by molar-refractivity contribution is -0.479. The first-order chi connectivity index (χ1) is 12.5. The van der Waals surface area contributed by atoms with Crippen molar-refractivity contribution in [1.82, 2.24) is 14.8 Å². The van der Waals surface area contributed by atoms with E-state index in [1.165, 1.54) is 22.9 Å². The van der Waals surface area contributed by atoms with Gasteiger partial charge in [0.15, 0.2) is 5.16 Å². The maximum absolute atomic E-state index is 11.2. The summed E-state index contributed by atoms with van der Waals surface area (Å²) in [6.07, 6.45) is 0. The quantitative estimate of drug-likeness (QED) is 0.368. The van der Waals surface area contributed by atoms with Gasteiger partial charge in [-0.3, -0.25) is 14.7 Å². The topological polar surface area (TPSA) is 73.8 Å². The Morgan fingerprint density at radius 3 is 2.46 bits per heavy atom. The molecule has 1 aromatic heterocycles. The number of nitrogens with zero attached hydrogens (tertiary/aromatic N) is 4. The lowest BCUT2D eigenvalue weighted by atomic mass is 10.1. The highest BCUT2D eigenvalue weighted by Crippen LogP contribution is 2.36. The lowest BCUT2D eigenvalue weighted by Crippen LogP contribution is -2.11. The second-order valence-corrected chi connectivity index (χ2v) is 7.34. The molecule has 3 aromatic rings. The van der Waals surface area contributed by atoms with Gasteiger partial charge in [-0.15, -0.1) is 10.2 Å². The molecule has 0 aliphatic heterocycles. The van der Waals surface area contributed by atoms with Gasteiger partial charge in [0.05, 0.1) is 0 Å². The average molecular weight is 368 g/mol. The number of hydrogen-bond acceptors (Lipinski definition) is 5. The van der Waals surface area contributed by atoms with E-state index in [2.05, 4.69) is 36.2 Å². The van der Waals surface area contributed by atoms with Crippen molar-refractivity contribution in [1.29, 1.82) is 0 Å². The van der Waals surface area contributed by atoms with E-state index in [0.29, 0.717) is 5.16 Å². The summed E-state index contributed by atoms with van der Waals surface area (Å²) in [5, 5.41) is 19.9. The Hall–Kier alpha value is -2.67. The van der Waals surface area contributed by atoms with Gasteiger partial charge in [0.25, 0.3) is 0 Å². The van der Waals surface area contributed by atoms with Crippen LogP contribution in [0.25, 0.3) is 5.69 Å². The predicted molar refractivity (Wildman–Crippen MR) is 102 cm³/mol. The van der Waals surface area contributed by atoms with Gasteiger partial charge in [-0.2, -0.15) is 0 Å². The molecule has 26 heavy (non-hydrogen) atoms. The molecular weight excluding hydrogens is 348 g/mol. The summed E-state index contributed by atoms with van der Waals surface area (Å²) in [7, 11) is 0. The van der Waals surface area contributed by atoms with Crippen molar-refractivity contribution in [3.05, 3.63) is 81.2 Å². The normalized spacial score (nSPS) is 12.1. The largest absolute Gasteiger partial charge is 0.274 e. The van der Waals surface area contributed by atoms with Crippen LogP contribution >= 0.6 is 11.8 Å². The zero-order valence-corrected chi connectivity index (χ0v) is 15.7. The first kappa shape index (κ1) is 18.1. The third kappa shape index (κ3) is 3.94. The van der Waals surface area contributed by atoms with Crippen molar-refractivity contribution in [2.45, 2.75) is 31.2 Å². The number of hydrogen-bond donors (Lipinski definition) is 0. The molecule has 1 atom stereocenters. The average Bonchev–Trinajstić information content (AvgIpc) is 2.98. The van der Waals surface area contributed by atoms with Gasteiger partial charge in [0, 0.05) is 10.6 Å². The van der Waals surface area contributed by atoms with Crippen LogP contribution in [0.1, 0.15) is 27.8 Å². The summed E-state index contributed by atoms with van der Waals surface area (Å²) < 4.78 is 1.95. The summed E-state index contributed by atoms with van der Waals surface area (Å²) in [6.45, 7) is 5.84. The molecule has 0 radical (unpaired) electrons. The molecule has 0 bridgehead atoms. The minimum Gasteiger partial charge on any atom is -0.274 e. The van der Waals surface area contributed by atoms with E-state index in [0.717, 1.165) is 17.1 Å². The molecule has 7 heteroatoms. The molecule has 3 rings (SSSR count). The second kappa shape index (κ2) is 7.70. The van der Waals surface area contributed by atoms with Crippen molar-refractivity contribution >= 4 is 11.8 Å². The van der Waals surface area contributed by atoms with Crippen molar-refractivity contribution in [2.75, 3.05) is 6.54 Å². The highest BCUT2D eigenvalue weighted by Gasteiger charge is 2.23. The Balaban J connectivity index is 1.98. The Kier molecular flexibility index (Phi) is 5.37. The Labute approximate surface area is 156 Å². The number of aromatic nitrogens is 3. The van der Waals surface area contributed by atoms with Gasteiger partial charge in [-0.1, -0.05) is 48.2 Å². The van der Waals surface area contributed by atoms with Gasteiger partial charge in [-0.25, -0.2) is 0 Å². The fourth-order valence-electron chi connectivity index (χ4n) is 2.72. The van der Waals surface area contributed by atoms with Crippen molar-refractivity contribution in [2.24, 2.45) is 0 Å². The van der Waals surface area contributed by atoms with E-state index in [9.17, 15) is 10.1 Å².